The summed E-state index contributed by atoms with van der Waals surface area (Å²) < 4.78 is 0. The van der Waals surface area contributed by atoms with Crippen molar-refractivity contribution in [3.05, 3.63) is 33.5 Å². The summed E-state index contributed by atoms with van der Waals surface area (Å²) in [5.41, 5.74) is 3.60. The molecule has 0 bridgehead atoms. The zero-order valence-corrected chi connectivity index (χ0v) is 16.7. The van der Waals surface area contributed by atoms with Crippen LogP contribution in [0.15, 0.2) is 11.7 Å². The number of nitrogens with zero attached hydrogens (tertiary/aromatic N) is 4. The lowest BCUT2D eigenvalue weighted by Crippen LogP contribution is -2.30. The molecular weight excluding hydrogens is 376 g/mol. The third-order valence-corrected chi connectivity index (χ3v) is 5.93. The van der Waals surface area contributed by atoms with Crippen molar-refractivity contribution in [1.29, 1.82) is 0 Å². The zero-order valence-electron chi connectivity index (χ0n) is 15.9. The van der Waals surface area contributed by atoms with E-state index in [1.54, 1.807) is 11.7 Å². The van der Waals surface area contributed by atoms with Crippen LogP contribution in [0.4, 0.5) is 5.95 Å². The molecule has 1 saturated heterocycles. The van der Waals surface area contributed by atoms with E-state index < -0.39 is 0 Å². The Labute approximate surface area is 167 Å². The fraction of sp³-hybridized carbons (Fsp3) is 0.526. The van der Waals surface area contributed by atoms with Gasteiger partial charge >= 0.3 is 0 Å². The summed E-state index contributed by atoms with van der Waals surface area (Å²) in [6.07, 6.45) is 6.42. The number of carbonyl (C=O) groups is 2. The molecule has 2 aromatic heterocycles. The monoisotopic (exact) mass is 400 g/mol. The summed E-state index contributed by atoms with van der Waals surface area (Å²) in [5.74, 6) is 0.396. The van der Waals surface area contributed by atoms with Gasteiger partial charge in [-0.1, -0.05) is 0 Å². The largest absolute Gasteiger partial charge is 0.351 e. The molecule has 4 rings (SSSR count). The Morgan fingerprint density at radius 2 is 2.04 bits per heavy atom. The van der Waals surface area contributed by atoms with Gasteiger partial charge in [0.2, 0.25) is 5.95 Å². The molecule has 0 unspecified atom stereocenters. The number of amides is 2. The van der Waals surface area contributed by atoms with Gasteiger partial charge in [-0.3, -0.25) is 9.59 Å². The van der Waals surface area contributed by atoms with Crippen molar-refractivity contribution in [1.82, 2.24) is 25.2 Å². The van der Waals surface area contributed by atoms with E-state index in [2.05, 4.69) is 25.6 Å². The van der Waals surface area contributed by atoms with Crippen molar-refractivity contribution < 1.29 is 9.59 Å². The van der Waals surface area contributed by atoms with Gasteiger partial charge in [0, 0.05) is 38.3 Å². The van der Waals surface area contributed by atoms with Crippen LogP contribution < -0.4 is 10.6 Å². The van der Waals surface area contributed by atoms with Crippen LogP contribution in [0.25, 0.3) is 0 Å². The molecule has 2 aliphatic rings. The zero-order chi connectivity index (χ0) is 19.5. The third-order valence-electron chi connectivity index (χ3n) is 5.00. The van der Waals surface area contributed by atoms with Crippen molar-refractivity contribution in [3.8, 4) is 0 Å². The molecule has 28 heavy (non-hydrogen) atoms. The lowest BCUT2D eigenvalue weighted by molar-refractivity contribution is 0.0790. The Morgan fingerprint density at radius 3 is 2.71 bits per heavy atom. The predicted molar refractivity (Wildman–Crippen MR) is 107 cm³/mol. The Bertz CT molecular complexity index is 873. The summed E-state index contributed by atoms with van der Waals surface area (Å²) in [6.45, 7) is 3.78. The van der Waals surface area contributed by atoms with Gasteiger partial charge < -0.3 is 15.5 Å². The van der Waals surface area contributed by atoms with Gasteiger partial charge in [0.1, 0.15) is 4.88 Å². The molecular formula is C19H24N6O2S. The summed E-state index contributed by atoms with van der Waals surface area (Å²) in [7, 11) is 0. The first-order valence-electron chi connectivity index (χ1n) is 9.72. The molecule has 2 N–H and O–H groups in total. The van der Waals surface area contributed by atoms with E-state index in [9.17, 15) is 9.59 Å². The van der Waals surface area contributed by atoms with Crippen molar-refractivity contribution in [2.75, 3.05) is 25.0 Å². The lowest BCUT2D eigenvalue weighted by Gasteiger charge is -2.17. The van der Waals surface area contributed by atoms with Crippen LogP contribution in [0.1, 0.15) is 57.1 Å². The Balaban J connectivity index is 1.46. The molecule has 8 nitrogen and oxygen atoms in total. The summed E-state index contributed by atoms with van der Waals surface area (Å²) >= 11 is 1.33. The average Bonchev–Trinajstić information content (AvgIpc) is 3.16. The maximum Gasteiger partial charge on any atom is 0.263 e. The molecule has 148 valence electrons. The van der Waals surface area contributed by atoms with Gasteiger partial charge in [-0.05, 0) is 32.6 Å². The van der Waals surface area contributed by atoms with Crippen LogP contribution in [0.2, 0.25) is 0 Å². The molecule has 0 atom stereocenters. The normalized spacial score (nSPS) is 16.2. The number of likely N-dealkylation sites (tertiary alicyclic amines) is 1. The lowest BCUT2D eigenvalue weighted by atomic mass is 10.1. The first-order chi connectivity index (χ1) is 13.6. The number of hydrogen-bond donors (Lipinski definition) is 2. The van der Waals surface area contributed by atoms with E-state index in [-0.39, 0.29) is 11.8 Å². The number of thiazole rings is 1. The van der Waals surface area contributed by atoms with Crippen LogP contribution in [0.3, 0.4) is 0 Å². The van der Waals surface area contributed by atoms with Crippen molar-refractivity contribution in [2.45, 2.75) is 45.1 Å². The minimum absolute atomic E-state index is 0.0184. The van der Waals surface area contributed by atoms with Gasteiger partial charge in [-0.25, -0.2) is 15.0 Å². The molecule has 2 amide bonds. The van der Waals surface area contributed by atoms with Crippen LogP contribution in [-0.4, -0.2) is 57.3 Å². The molecule has 2 fully saturated rings. The maximum absolute atomic E-state index is 12.9. The summed E-state index contributed by atoms with van der Waals surface area (Å²) in [4.78, 5) is 40.7. The highest BCUT2D eigenvalue weighted by Gasteiger charge is 2.25. The molecule has 3 heterocycles. The molecule has 0 radical (unpaired) electrons. The predicted octanol–water partition coefficient (Wildman–Crippen LogP) is 2.02. The minimum Gasteiger partial charge on any atom is -0.351 e. The molecule has 0 spiro atoms. The fourth-order valence-corrected chi connectivity index (χ4v) is 3.97. The van der Waals surface area contributed by atoms with E-state index in [4.69, 9.17) is 0 Å². The summed E-state index contributed by atoms with van der Waals surface area (Å²) in [6, 6.07) is 0.432. The van der Waals surface area contributed by atoms with Crippen LogP contribution in [0.5, 0.6) is 0 Å². The fourth-order valence-electron chi connectivity index (χ4n) is 3.25. The highest BCUT2D eigenvalue weighted by molar-refractivity contribution is 7.11. The highest BCUT2D eigenvalue weighted by Crippen LogP contribution is 2.24. The summed E-state index contributed by atoms with van der Waals surface area (Å²) in [5, 5.41) is 6.19. The number of hydrogen-bond acceptors (Lipinski definition) is 7. The van der Waals surface area contributed by atoms with Gasteiger partial charge in [0.25, 0.3) is 11.8 Å². The molecule has 9 heteroatoms. The van der Waals surface area contributed by atoms with E-state index in [1.165, 1.54) is 11.3 Å². The third kappa shape index (κ3) is 4.30. The van der Waals surface area contributed by atoms with Gasteiger partial charge in [-0.15, -0.1) is 11.3 Å². The van der Waals surface area contributed by atoms with E-state index in [0.717, 1.165) is 44.5 Å². The Hall–Kier alpha value is -2.55. The number of rotatable bonds is 7. The van der Waals surface area contributed by atoms with Gasteiger partial charge in [-0.2, -0.15) is 0 Å². The Kier molecular flexibility index (Phi) is 5.52. The van der Waals surface area contributed by atoms with E-state index >= 15 is 0 Å². The molecule has 1 saturated carbocycles. The standard InChI is InChI=1S/C19H24N6O2S/c1-12-16(28-11-22-12)17(26)20-7-6-15-14(18(27)25-8-2-3-9-25)10-21-19(24-15)23-13-4-5-13/h10-11,13H,2-9H2,1H3,(H,20,26)(H,21,23,24). The smallest absolute Gasteiger partial charge is 0.263 e. The first-order valence-corrected chi connectivity index (χ1v) is 10.6. The number of carbonyl (C=O) groups excluding carboxylic acids is 2. The van der Waals surface area contributed by atoms with E-state index in [0.29, 0.717) is 41.1 Å². The molecule has 2 aromatic rings. The number of aryl methyl sites for hydroxylation is 1. The Morgan fingerprint density at radius 1 is 1.25 bits per heavy atom. The second-order valence-electron chi connectivity index (χ2n) is 7.24. The minimum atomic E-state index is -0.141. The highest BCUT2D eigenvalue weighted by atomic mass is 32.1. The second-order valence-corrected chi connectivity index (χ2v) is 8.10. The van der Waals surface area contributed by atoms with Crippen molar-refractivity contribution >= 4 is 29.1 Å². The SMILES string of the molecule is Cc1ncsc1C(=O)NCCc1nc(NC2CC2)ncc1C(=O)N1CCCC1. The second kappa shape index (κ2) is 8.22. The van der Waals surface area contributed by atoms with Crippen molar-refractivity contribution in [3.63, 3.8) is 0 Å². The van der Waals surface area contributed by atoms with E-state index in [1.807, 2.05) is 11.8 Å². The number of aromatic nitrogens is 3. The first kappa shape index (κ1) is 18.8. The number of nitrogens with one attached hydrogen (secondary N) is 2. The maximum atomic E-state index is 12.9. The quantitative estimate of drug-likeness (QED) is 0.738. The van der Waals surface area contributed by atoms with Crippen LogP contribution >= 0.6 is 11.3 Å². The number of anilines is 1. The van der Waals surface area contributed by atoms with Gasteiger partial charge in [0.15, 0.2) is 0 Å². The molecule has 1 aliphatic carbocycles. The topological polar surface area (TPSA) is 100 Å². The molecule has 1 aliphatic heterocycles. The molecule has 0 aromatic carbocycles. The average molecular weight is 401 g/mol. The van der Waals surface area contributed by atoms with Crippen LogP contribution in [-0.2, 0) is 6.42 Å². The van der Waals surface area contributed by atoms with Crippen LogP contribution in [0, 0.1) is 6.92 Å². The van der Waals surface area contributed by atoms with Crippen molar-refractivity contribution in [2.24, 2.45) is 0 Å². The van der Waals surface area contributed by atoms with Gasteiger partial charge in [0.05, 0.1) is 22.5 Å².